The molecule has 8 heteroatoms. The second-order valence-electron chi connectivity index (χ2n) is 7.35. The van der Waals surface area contributed by atoms with E-state index in [1.807, 2.05) is 41.9 Å². The Morgan fingerprint density at radius 2 is 1.97 bits per heavy atom. The highest BCUT2D eigenvalue weighted by atomic mass is 16.5. The van der Waals surface area contributed by atoms with E-state index in [0.29, 0.717) is 5.92 Å². The van der Waals surface area contributed by atoms with E-state index in [9.17, 15) is 0 Å². The van der Waals surface area contributed by atoms with Gasteiger partial charge in [-0.05, 0) is 36.2 Å². The van der Waals surface area contributed by atoms with E-state index < -0.39 is 0 Å². The Kier molecular flexibility index (Phi) is 6.02. The van der Waals surface area contributed by atoms with Crippen LogP contribution < -0.4 is 14.8 Å². The van der Waals surface area contributed by atoms with Gasteiger partial charge in [0.05, 0.1) is 14.2 Å². The molecule has 1 atom stereocenters. The highest BCUT2D eigenvalue weighted by molar-refractivity contribution is 5.80. The Hall–Kier alpha value is -3.29. The first-order chi connectivity index (χ1) is 14.7. The Morgan fingerprint density at radius 1 is 1.17 bits per heavy atom. The number of likely N-dealkylation sites (tertiary alicyclic amines) is 1. The Labute approximate surface area is 176 Å². The summed E-state index contributed by atoms with van der Waals surface area (Å²) in [6.45, 7) is 2.61. The molecule has 2 aromatic heterocycles. The lowest BCUT2D eigenvalue weighted by Gasteiger charge is -2.22. The van der Waals surface area contributed by atoms with Crippen LogP contribution in [0.4, 0.5) is 0 Å². The third-order valence-corrected chi connectivity index (χ3v) is 5.56. The van der Waals surface area contributed by atoms with Crippen LogP contribution in [0.15, 0.2) is 47.6 Å². The summed E-state index contributed by atoms with van der Waals surface area (Å²) in [6, 6.07) is 12.0. The molecule has 158 valence electrons. The minimum atomic E-state index is 0.410. The Morgan fingerprint density at radius 3 is 2.70 bits per heavy atom. The Balaban J connectivity index is 1.37. The van der Waals surface area contributed by atoms with Crippen LogP contribution in [0, 0.1) is 0 Å². The minimum absolute atomic E-state index is 0.410. The number of hydrogen-bond donors (Lipinski definition) is 1. The molecule has 1 aliphatic rings. The summed E-state index contributed by atoms with van der Waals surface area (Å²) < 4.78 is 12.9. The molecule has 3 aromatic rings. The molecule has 0 radical (unpaired) electrons. The first-order valence-electron chi connectivity index (χ1n) is 10.2. The Bertz CT molecular complexity index is 1010. The summed E-state index contributed by atoms with van der Waals surface area (Å²) >= 11 is 0. The molecule has 0 amide bonds. The lowest BCUT2D eigenvalue weighted by atomic mass is 9.98. The molecular weight excluding hydrogens is 380 g/mol. The summed E-state index contributed by atoms with van der Waals surface area (Å²) in [5.74, 6) is 3.92. The van der Waals surface area contributed by atoms with Crippen molar-refractivity contribution in [3.63, 3.8) is 0 Å². The minimum Gasteiger partial charge on any atom is -0.497 e. The van der Waals surface area contributed by atoms with Gasteiger partial charge in [-0.25, -0.2) is 0 Å². The number of ether oxygens (including phenoxy) is 2. The summed E-state index contributed by atoms with van der Waals surface area (Å²) in [7, 11) is 5.20. The number of nitrogens with one attached hydrogen (secondary N) is 1. The standard InChI is InChI=1S/C22H28N6O2/c1-23-22(24-9-7-21-26-25-20-6-4-5-10-28(20)21)27-11-8-16(15-27)17-12-18(29-2)14-19(13-17)30-3/h4-6,10,12-14,16H,7-9,11,15H2,1-3H3,(H,23,24). The number of benzene rings is 1. The SMILES string of the molecule is CN=C(NCCc1nnc2ccccn12)N1CCC(c2cc(OC)cc(OC)c2)C1. The van der Waals surface area contributed by atoms with Gasteiger partial charge >= 0.3 is 0 Å². The summed E-state index contributed by atoms with van der Waals surface area (Å²) in [5, 5.41) is 12.0. The monoisotopic (exact) mass is 408 g/mol. The van der Waals surface area contributed by atoms with Crippen molar-refractivity contribution in [1.82, 2.24) is 24.8 Å². The van der Waals surface area contributed by atoms with E-state index in [-0.39, 0.29) is 0 Å². The lowest BCUT2D eigenvalue weighted by Crippen LogP contribution is -2.40. The zero-order chi connectivity index (χ0) is 20.9. The molecule has 1 N–H and O–H groups in total. The summed E-state index contributed by atoms with van der Waals surface area (Å²) in [5.41, 5.74) is 2.10. The average Bonchev–Trinajstić information content (AvgIpc) is 3.44. The molecule has 3 heterocycles. The maximum Gasteiger partial charge on any atom is 0.193 e. The van der Waals surface area contributed by atoms with Gasteiger partial charge in [-0.15, -0.1) is 10.2 Å². The van der Waals surface area contributed by atoms with E-state index in [2.05, 4.69) is 37.5 Å². The van der Waals surface area contributed by atoms with Gasteiger partial charge in [0.25, 0.3) is 0 Å². The number of hydrogen-bond acceptors (Lipinski definition) is 5. The largest absolute Gasteiger partial charge is 0.497 e. The van der Waals surface area contributed by atoms with Gasteiger partial charge in [-0.3, -0.25) is 9.39 Å². The number of nitrogens with zero attached hydrogens (tertiary/aromatic N) is 5. The highest BCUT2D eigenvalue weighted by Crippen LogP contribution is 2.32. The number of guanidine groups is 1. The third kappa shape index (κ3) is 4.17. The molecule has 1 aromatic carbocycles. The first-order valence-corrected chi connectivity index (χ1v) is 10.2. The van der Waals surface area contributed by atoms with Crippen LogP contribution in [-0.4, -0.2) is 66.4 Å². The van der Waals surface area contributed by atoms with Gasteiger partial charge in [-0.2, -0.15) is 0 Å². The summed E-state index contributed by atoms with van der Waals surface area (Å²) in [6.07, 6.45) is 3.83. The zero-order valence-corrected chi connectivity index (χ0v) is 17.7. The number of rotatable bonds is 6. The molecule has 0 bridgehead atoms. The fourth-order valence-corrected chi connectivity index (χ4v) is 3.97. The van der Waals surface area contributed by atoms with E-state index in [1.54, 1.807) is 14.2 Å². The lowest BCUT2D eigenvalue weighted by molar-refractivity contribution is 0.392. The van der Waals surface area contributed by atoms with Gasteiger partial charge in [-0.1, -0.05) is 6.07 Å². The molecule has 0 saturated carbocycles. The smallest absolute Gasteiger partial charge is 0.193 e. The van der Waals surface area contributed by atoms with Gasteiger partial charge in [0, 0.05) is 51.3 Å². The number of methoxy groups -OCH3 is 2. The first kappa shape index (κ1) is 20.0. The van der Waals surface area contributed by atoms with Gasteiger partial charge in [0.15, 0.2) is 11.6 Å². The normalized spacial score (nSPS) is 16.8. The van der Waals surface area contributed by atoms with Crippen LogP contribution in [0.25, 0.3) is 5.65 Å². The van der Waals surface area contributed by atoms with Crippen LogP contribution in [0.5, 0.6) is 11.5 Å². The van der Waals surface area contributed by atoms with Crippen molar-refractivity contribution >= 4 is 11.6 Å². The van der Waals surface area contributed by atoms with Crippen molar-refractivity contribution in [3.8, 4) is 11.5 Å². The van der Waals surface area contributed by atoms with Crippen molar-refractivity contribution in [2.75, 3.05) is 40.9 Å². The molecule has 8 nitrogen and oxygen atoms in total. The van der Waals surface area contributed by atoms with E-state index in [4.69, 9.17) is 9.47 Å². The predicted octanol–water partition coefficient (Wildman–Crippen LogP) is 2.35. The average molecular weight is 409 g/mol. The van der Waals surface area contributed by atoms with Crippen LogP contribution in [-0.2, 0) is 6.42 Å². The van der Waals surface area contributed by atoms with Gasteiger partial charge < -0.3 is 19.7 Å². The molecule has 0 spiro atoms. The van der Waals surface area contributed by atoms with Crippen molar-refractivity contribution in [2.24, 2.45) is 4.99 Å². The molecule has 30 heavy (non-hydrogen) atoms. The van der Waals surface area contributed by atoms with Crippen LogP contribution in [0.1, 0.15) is 23.7 Å². The highest BCUT2D eigenvalue weighted by Gasteiger charge is 2.27. The van der Waals surface area contributed by atoms with Crippen LogP contribution in [0.2, 0.25) is 0 Å². The fraction of sp³-hybridized carbons (Fsp3) is 0.409. The second kappa shape index (κ2) is 9.02. The molecule has 1 saturated heterocycles. The number of pyridine rings is 1. The van der Waals surface area contributed by atoms with Crippen molar-refractivity contribution in [3.05, 3.63) is 54.0 Å². The van der Waals surface area contributed by atoms with Crippen LogP contribution in [0.3, 0.4) is 0 Å². The third-order valence-electron chi connectivity index (χ3n) is 5.56. The maximum absolute atomic E-state index is 5.43. The zero-order valence-electron chi connectivity index (χ0n) is 17.7. The summed E-state index contributed by atoms with van der Waals surface area (Å²) in [4.78, 5) is 6.79. The van der Waals surface area contributed by atoms with Crippen molar-refractivity contribution in [1.29, 1.82) is 0 Å². The predicted molar refractivity (Wildman–Crippen MR) is 117 cm³/mol. The van der Waals surface area contributed by atoms with E-state index in [1.165, 1.54) is 5.56 Å². The molecule has 1 aliphatic heterocycles. The number of fused-ring (bicyclic) bond motifs is 1. The van der Waals surface area contributed by atoms with Gasteiger partial charge in [0.2, 0.25) is 0 Å². The molecule has 0 aliphatic carbocycles. The van der Waals surface area contributed by atoms with Gasteiger partial charge in [0.1, 0.15) is 17.3 Å². The molecule has 4 rings (SSSR count). The van der Waals surface area contributed by atoms with E-state index in [0.717, 1.165) is 61.4 Å². The molecule has 1 unspecified atom stereocenters. The van der Waals surface area contributed by atoms with Crippen molar-refractivity contribution < 1.29 is 9.47 Å². The van der Waals surface area contributed by atoms with E-state index >= 15 is 0 Å². The topological polar surface area (TPSA) is 76.3 Å². The van der Waals surface area contributed by atoms with Crippen LogP contribution >= 0.6 is 0 Å². The fourth-order valence-electron chi connectivity index (χ4n) is 3.97. The maximum atomic E-state index is 5.43. The number of aromatic nitrogens is 3. The molecule has 1 fully saturated rings. The second-order valence-corrected chi connectivity index (χ2v) is 7.35. The number of aliphatic imine (C=N–C) groups is 1. The molecular formula is C22H28N6O2. The quantitative estimate of drug-likeness (QED) is 0.498. The van der Waals surface area contributed by atoms with Crippen molar-refractivity contribution in [2.45, 2.75) is 18.8 Å².